The topological polar surface area (TPSA) is 29.5 Å². The quantitative estimate of drug-likeness (QED) is 0.429. The van der Waals surface area contributed by atoms with Crippen molar-refractivity contribution in [1.82, 2.24) is 0 Å². The van der Waals surface area contributed by atoms with E-state index < -0.39 is 0 Å². The van der Waals surface area contributed by atoms with Crippen molar-refractivity contribution in [3.8, 4) is 17.2 Å². The molecule has 3 unspecified atom stereocenters. The molecule has 0 amide bonds. The zero-order valence-corrected chi connectivity index (χ0v) is 20.5. The molecule has 0 heterocycles. The Morgan fingerprint density at radius 1 is 0.688 bits per heavy atom. The van der Waals surface area contributed by atoms with Crippen molar-refractivity contribution in [2.45, 2.75) is 96.8 Å². The molecule has 0 radical (unpaired) electrons. The van der Waals surface area contributed by atoms with Gasteiger partial charge in [-0.05, 0) is 103 Å². The smallest absolute Gasteiger partial charge is 0.134 e. The van der Waals surface area contributed by atoms with Crippen molar-refractivity contribution < 1.29 is 9.84 Å². The fraction of sp³-hybridized carbons (Fsp3) is 0.600. The molecule has 2 nitrogen and oxygen atoms in total. The maximum atomic E-state index is 11.3. The Kier molecular flexibility index (Phi) is 5.76. The summed E-state index contributed by atoms with van der Waals surface area (Å²) in [7, 11) is 0. The average molecular weight is 433 g/mol. The van der Waals surface area contributed by atoms with E-state index >= 15 is 0 Å². The van der Waals surface area contributed by atoms with Gasteiger partial charge in [-0.15, -0.1) is 0 Å². The van der Waals surface area contributed by atoms with E-state index in [0.29, 0.717) is 41.3 Å². The minimum Gasteiger partial charge on any atom is -0.507 e. The molecule has 3 fully saturated rings. The van der Waals surface area contributed by atoms with Gasteiger partial charge in [0.2, 0.25) is 0 Å². The lowest BCUT2D eigenvalue weighted by molar-refractivity contribution is 0.429. The minimum atomic E-state index is 0.383. The van der Waals surface area contributed by atoms with E-state index in [-0.39, 0.29) is 0 Å². The van der Waals surface area contributed by atoms with Gasteiger partial charge in [-0.3, -0.25) is 0 Å². The second-order valence-electron chi connectivity index (χ2n) is 11.4. The Labute approximate surface area is 194 Å². The molecule has 1 N–H and O–H groups in total. The predicted octanol–water partition coefficient (Wildman–Crippen LogP) is 8.85. The van der Waals surface area contributed by atoms with Crippen LogP contribution in [0.15, 0.2) is 30.3 Å². The van der Waals surface area contributed by atoms with Crippen LogP contribution in [0.4, 0.5) is 0 Å². The lowest BCUT2D eigenvalue weighted by Crippen LogP contribution is -2.06. The summed E-state index contributed by atoms with van der Waals surface area (Å²) in [6, 6.07) is 11.0. The van der Waals surface area contributed by atoms with Crippen LogP contribution in [0.5, 0.6) is 17.2 Å². The highest BCUT2D eigenvalue weighted by molar-refractivity contribution is 5.53. The number of hydrogen-bond donors (Lipinski definition) is 1. The van der Waals surface area contributed by atoms with Crippen LogP contribution in [0.3, 0.4) is 0 Å². The van der Waals surface area contributed by atoms with Crippen molar-refractivity contribution in [1.29, 1.82) is 0 Å². The Morgan fingerprint density at radius 2 is 1.12 bits per heavy atom. The molecule has 0 bridgehead atoms. The van der Waals surface area contributed by atoms with Crippen molar-refractivity contribution in [3.63, 3.8) is 0 Å². The molecule has 5 rings (SSSR count). The summed E-state index contributed by atoms with van der Waals surface area (Å²) in [6.07, 6.45) is 7.77. The van der Waals surface area contributed by atoms with E-state index in [1.807, 2.05) is 0 Å². The standard InChI is InChI=1S/C30H40O2/c1-17(2)25-7-6-8-26(18(3)21-9-10-21)30(25)32-24-15-27(19(4)22-11-12-22)29(31)28(16-24)20(5)23-13-14-23/h6-8,15-23,31H,9-14H2,1-5H3. The highest BCUT2D eigenvalue weighted by Gasteiger charge is 2.36. The Bertz CT molecular complexity index is 939. The van der Waals surface area contributed by atoms with Crippen LogP contribution < -0.4 is 4.74 Å². The largest absolute Gasteiger partial charge is 0.507 e. The van der Waals surface area contributed by atoms with E-state index in [2.05, 4.69) is 65.0 Å². The highest BCUT2D eigenvalue weighted by Crippen LogP contribution is 2.52. The number of aromatic hydroxyl groups is 1. The number of ether oxygens (including phenoxy) is 1. The third kappa shape index (κ3) is 4.30. The van der Waals surface area contributed by atoms with Gasteiger partial charge in [0.15, 0.2) is 0 Å². The third-order valence-corrected chi connectivity index (χ3v) is 8.52. The number of phenolic OH excluding ortho intramolecular Hbond substituents is 1. The van der Waals surface area contributed by atoms with Crippen LogP contribution in [0.25, 0.3) is 0 Å². The van der Waals surface area contributed by atoms with Gasteiger partial charge in [0.25, 0.3) is 0 Å². The first-order chi connectivity index (χ1) is 15.3. The Hall–Kier alpha value is -1.96. The first kappa shape index (κ1) is 21.9. The highest BCUT2D eigenvalue weighted by atomic mass is 16.5. The zero-order chi connectivity index (χ0) is 22.6. The van der Waals surface area contributed by atoms with Crippen LogP contribution in [0.2, 0.25) is 0 Å². The van der Waals surface area contributed by atoms with Gasteiger partial charge in [-0.2, -0.15) is 0 Å². The van der Waals surface area contributed by atoms with E-state index in [0.717, 1.165) is 28.5 Å². The molecule has 2 aromatic rings. The van der Waals surface area contributed by atoms with E-state index in [4.69, 9.17) is 4.74 Å². The number of hydrogen-bond acceptors (Lipinski definition) is 2. The third-order valence-electron chi connectivity index (χ3n) is 8.52. The molecule has 2 aromatic carbocycles. The fourth-order valence-corrected chi connectivity index (χ4v) is 5.58. The van der Waals surface area contributed by atoms with Gasteiger partial charge in [0.1, 0.15) is 17.2 Å². The second-order valence-corrected chi connectivity index (χ2v) is 11.4. The molecule has 0 aromatic heterocycles. The molecular weight excluding hydrogens is 392 g/mol. The summed E-state index contributed by atoms with van der Waals surface area (Å²) in [4.78, 5) is 0. The fourth-order valence-electron chi connectivity index (χ4n) is 5.58. The molecule has 0 aliphatic heterocycles. The van der Waals surface area contributed by atoms with Crippen LogP contribution in [-0.2, 0) is 0 Å². The lowest BCUT2D eigenvalue weighted by atomic mass is 9.87. The summed E-state index contributed by atoms with van der Waals surface area (Å²) in [6.45, 7) is 11.4. The van der Waals surface area contributed by atoms with Crippen molar-refractivity contribution in [3.05, 3.63) is 52.6 Å². The van der Waals surface area contributed by atoms with Crippen molar-refractivity contribution in [2.24, 2.45) is 17.8 Å². The van der Waals surface area contributed by atoms with Crippen molar-refractivity contribution in [2.75, 3.05) is 0 Å². The first-order valence-corrected chi connectivity index (χ1v) is 13.0. The van der Waals surface area contributed by atoms with Gasteiger partial charge >= 0.3 is 0 Å². The monoisotopic (exact) mass is 432 g/mol. The average Bonchev–Trinajstić information content (AvgIpc) is 3.65. The maximum absolute atomic E-state index is 11.3. The molecule has 2 heteroatoms. The first-order valence-electron chi connectivity index (χ1n) is 13.0. The van der Waals surface area contributed by atoms with Crippen LogP contribution in [0, 0.1) is 17.8 Å². The minimum absolute atomic E-state index is 0.383. The number of benzene rings is 2. The maximum Gasteiger partial charge on any atom is 0.134 e. The summed E-state index contributed by atoms with van der Waals surface area (Å²) in [5.74, 6) is 6.38. The molecule has 172 valence electrons. The summed E-state index contributed by atoms with van der Waals surface area (Å²) in [5.41, 5.74) is 4.81. The van der Waals surface area contributed by atoms with E-state index in [9.17, 15) is 5.11 Å². The molecule has 3 atom stereocenters. The van der Waals surface area contributed by atoms with Gasteiger partial charge in [0.05, 0.1) is 0 Å². The van der Waals surface area contributed by atoms with Gasteiger partial charge < -0.3 is 9.84 Å². The van der Waals surface area contributed by atoms with Crippen LogP contribution in [0.1, 0.15) is 119 Å². The van der Waals surface area contributed by atoms with Crippen LogP contribution in [-0.4, -0.2) is 5.11 Å². The number of rotatable bonds is 9. The van der Waals surface area contributed by atoms with Gasteiger partial charge in [-0.25, -0.2) is 0 Å². The summed E-state index contributed by atoms with van der Waals surface area (Å²) in [5, 5.41) is 11.3. The summed E-state index contributed by atoms with van der Waals surface area (Å²) < 4.78 is 6.83. The Balaban J connectivity index is 1.57. The van der Waals surface area contributed by atoms with Gasteiger partial charge in [-0.1, -0.05) is 52.8 Å². The SMILES string of the molecule is CC(C)c1cccc(C(C)C2CC2)c1Oc1cc(C(C)C2CC2)c(O)c(C(C)C2CC2)c1. The van der Waals surface area contributed by atoms with Crippen LogP contribution >= 0.6 is 0 Å². The normalized spacial score (nSPS) is 21.4. The molecule has 0 spiro atoms. The second kappa shape index (κ2) is 8.43. The Morgan fingerprint density at radius 3 is 1.56 bits per heavy atom. The number of para-hydroxylation sites is 1. The van der Waals surface area contributed by atoms with Gasteiger partial charge in [0, 0.05) is 11.1 Å². The summed E-state index contributed by atoms with van der Waals surface area (Å²) >= 11 is 0. The number of phenols is 1. The predicted molar refractivity (Wildman–Crippen MR) is 132 cm³/mol. The zero-order valence-electron chi connectivity index (χ0n) is 20.5. The lowest BCUT2D eigenvalue weighted by Gasteiger charge is -2.24. The van der Waals surface area contributed by atoms with E-state index in [1.54, 1.807) is 0 Å². The van der Waals surface area contributed by atoms with Crippen molar-refractivity contribution >= 4 is 0 Å². The molecule has 3 aliphatic rings. The molecule has 3 aliphatic carbocycles. The molecule has 32 heavy (non-hydrogen) atoms. The molecule has 0 saturated heterocycles. The molecule has 3 saturated carbocycles. The van der Waals surface area contributed by atoms with E-state index in [1.165, 1.54) is 49.7 Å². The molecular formula is C30H40O2.